The highest BCUT2D eigenvalue weighted by Crippen LogP contribution is 2.21. The van der Waals surface area contributed by atoms with E-state index < -0.39 is 11.5 Å². The summed E-state index contributed by atoms with van der Waals surface area (Å²) in [5.41, 5.74) is 0.118. The van der Waals surface area contributed by atoms with E-state index in [1.165, 1.54) is 0 Å². The van der Waals surface area contributed by atoms with E-state index in [0.29, 0.717) is 37.9 Å². The molecule has 1 aliphatic heterocycles. The van der Waals surface area contributed by atoms with Crippen LogP contribution in [0.1, 0.15) is 49.9 Å². The lowest BCUT2D eigenvalue weighted by molar-refractivity contribution is -0.138. The maximum atomic E-state index is 12.4. The first-order valence-corrected chi connectivity index (χ1v) is 8.67. The minimum absolute atomic E-state index is 0.00115. The Morgan fingerprint density at radius 2 is 1.76 bits per heavy atom. The highest BCUT2D eigenvalue weighted by atomic mass is 16.4. The molecular weight excluding hydrogens is 320 g/mol. The zero-order valence-corrected chi connectivity index (χ0v) is 14.8. The predicted molar refractivity (Wildman–Crippen MR) is 94.2 cm³/mol. The zero-order valence-electron chi connectivity index (χ0n) is 14.8. The van der Waals surface area contributed by atoms with Crippen molar-refractivity contribution in [1.29, 1.82) is 0 Å². The number of aliphatic carboxylic acids is 1. The van der Waals surface area contributed by atoms with E-state index in [-0.39, 0.29) is 24.2 Å². The summed E-state index contributed by atoms with van der Waals surface area (Å²) in [5, 5.41) is 11.7. The van der Waals surface area contributed by atoms with Crippen LogP contribution in [0.15, 0.2) is 30.3 Å². The Labute approximate surface area is 148 Å². The maximum Gasteiger partial charge on any atom is 0.303 e. The van der Waals surface area contributed by atoms with Gasteiger partial charge in [-0.25, -0.2) is 0 Å². The van der Waals surface area contributed by atoms with Crippen LogP contribution >= 0.6 is 0 Å². The van der Waals surface area contributed by atoms with E-state index in [9.17, 15) is 14.4 Å². The van der Waals surface area contributed by atoms with E-state index >= 15 is 0 Å². The third kappa shape index (κ3) is 5.59. The molecule has 0 spiro atoms. The molecule has 25 heavy (non-hydrogen) atoms. The summed E-state index contributed by atoms with van der Waals surface area (Å²) in [6.45, 7) is 4.78. The topological polar surface area (TPSA) is 86.7 Å². The summed E-state index contributed by atoms with van der Waals surface area (Å²) in [6.07, 6.45) is 1.66. The molecule has 2 rings (SSSR count). The second-order valence-corrected chi connectivity index (χ2v) is 7.20. The number of carboxylic acids is 1. The number of carbonyl (C=O) groups is 3. The molecule has 136 valence electrons. The molecule has 6 nitrogen and oxygen atoms in total. The van der Waals surface area contributed by atoms with Gasteiger partial charge in [0.25, 0.3) is 5.91 Å². The molecule has 1 heterocycles. The van der Waals surface area contributed by atoms with Crippen molar-refractivity contribution in [3.05, 3.63) is 35.9 Å². The highest BCUT2D eigenvalue weighted by Gasteiger charge is 2.30. The van der Waals surface area contributed by atoms with Gasteiger partial charge in [0.15, 0.2) is 0 Å². The van der Waals surface area contributed by atoms with Gasteiger partial charge in [-0.05, 0) is 45.2 Å². The average Bonchev–Trinajstić information content (AvgIpc) is 2.60. The van der Waals surface area contributed by atoms with E-state index in [1.807, 2.05) is 32.0 Å². The number of hydrogen-bond donors (Lipinski definition) is 2. The number of nitrogens with one attached hydrogen (secondary N) is 1. The van der Waals surface area contributed by atoms with Crippen LogP contribution in [-0.4, -0.2) is 46.4 Å². The summed E-state index contributed by atoms with van der Waals surface area (Å²) in [5.74, 6) is -1.05. The fourth-order valence-corrected chi connectivity index (χ4v) is 3.03. The molecule has 0 aliphatic carbocycles. The van der Waals surface area contributed by atoms with Crippen molar-refractivity contribution in [2.45, 2.75) is 45.1 Å². The van der Waals surface area contributed by atoms with Crippen LogP contribution in [0.25, 0.3) is 0 Å². The number of carbonyl (C=O) groups excluding carboxylic acids is 2. The van der Waals surface area contributed by atoms with E-state index in [2.05, 4.69) is 5.32 Å². The zero-order chi connectivity index (χ0) is 18.4. The third-order valence-electron chi connectivity index (χ3n) is 4.60. The van der Waals surface area contributed by atoms with Crippen LogP contribution in [0.5, 0.6) is 0 Å². The van der Waals surface area contributed by atoms with Crippen LogP contribution < -0.4 is 5.32 Å². The summed E-state index contributed by atoms with van der Waals surface area (Å²) in [7, 11) is 0. The van der Waals surface area contributed by atoms with E-state index in [4.69, 9.17) is 5.11 Å². The molecule has 0 unspecified atom stereocenters. The number of amides is 2. The van der Waals surface area contributed by atoms with Gasteiger partial charge >= 0.3 is 5.97 Å². The lowest BCUT2D eigenvalue weighted by atomic mass is 9.92. The van der Waals surface area contributed by atoms with Gasteiger partial charge in [0.05, 0.1) is 0 Å². The predicted octanol–water partition coefficient (Wildman–Crippen LogP) is 2.30. The minimum atomic E-state index is -0.866. The molecule has 1 saturated heterocycles. The quantitative estimate of drug-likeness (QED) is 0.827. The van der Waals surface area contributed by atoms with Crippen LogP contribution in [0.2, 0.25) is 0 Å². The van der Waals surface area contributed by atoms with Gasteiger partial charge in [0, 0.05) is 36.5 Å². The summed E-state index contributed by atoms with van der Waals surface area (Å²) < 4.78 is 0. The van der Waals surface area contributed by atoms with Crippen molar-refractivity contribution >= 4 is 17.8 Å². The van der Waals surface area contributed by atoms with Crippen molar-refractivity contribution in [2.75, 3.05) is 13.1 Å². The summed E-state index contributed by atoms with van der Waals surface area (Å²) in [6, 6.07) is 9.15. The maximum absolute atomic E-state index is 12.4. The van der Waals surface area contributed by atoms with Crippen LogP contribution in [0.3, 0.4) is 0 Å². The molecule has 1 fully saturated rings. The first kappa shape index (κ1) is 19.0. The van der Waals surface area contributed by atoms with Crippen LogP contribution in [-0.2, 0) is 9.59 Å². The second-order valence-electron chi connectivity index (χ2n) is 7.20. The molecular formula is C19H26N2O4. The van der Waals surface area contributed by atoms with Crippen molar-refractivity contribution in [3.63, 3.8) is 0 Å². The highest BCUT2D eigenvalue weighted by molar-refractivity contribution is 5.94. The van der Waals surface area contributed by atoms with Crippen molar-refractivity contribution < 1.29 is 19.5 Å². The first-order valence-electron chi connectivity index (χ1n) is 8.67. The number of carboxylic acid groups (broad SMARTS) is 1. The Bertz CT molecular complexity index is 620. The van der Waals surface area contributed by atoms with Crippen molar-refractivity contribution in [2.24, 2.45) is 5.92 Å². The third-order valence-corrected chi connectivity index (χ3v) is 4.60. The fourth-order valence-electron chi connectivity index (χ4n) is 3.03. The molecule has 2 amide bonds. The van der Waals surface area contributed by atoms with E-state index in [1.54, 1.807) is 17.0 Å². The molecule has 2 N–H and O–H groups in total. The number of nitrogens with zero attached hydrogens (tertiary/aromatic N) is 1. The Morgan fingerprint density at radius 3 is 2.32 bits per heavy atom. The molecule has 0 bridgehead atoms. The van der Waals surface area contributed by atoms with Crippen LogP contribution in [0.4, 0.5) is 0 Å². The number of piperidine rings is 1. The molecule has 0 radical (unpaired) electrons. The normalized spacial score (nSPS) is 15.7. The lowest BCUT2D eigenvalue weighted by Gasteiger charge is -2.34. The van der Waals surface area contributed by atoms with Gasteiger partial charge in [0.1, 0.15) is 0 Å². The standard InChI is InChI=1S/C19H26N2O4/c1-19(2,11-8-16(22)23)20-17(24)14-9-12-21(13-10-14)18(25)15-6-4-3-5-7-15/h3-7,14H,8-13H2,1-2H3,(H,20,24)(H,22,23). The Kier molecular flexibility index (Phi) is 6.17. The molecule has 0 aromatic heterocycles. The van der Waals surface area contributed by atoms with Gasteiger partial charge in [-0.3, -0.25) is 14.4 Å². The molecule has 0 atom stereocenters. The molecule has 1 aromatic carbocycles. The monoisotopic (exact) mass is 346 g/mol. The van der Waals surface area contributed by atoms with Crippen molar-refractivity contribution in [3.8, 4) is 0 Å². The van der Waals surface area contributed by atoms with Crippen molar-refractivity contribution in [1.82, 2.24) is 10.2 Å². The SMILES string of the molecule is CC(C)(CCC(=O)O)NC(=O)C1CCN(C(=O)c2ccccc2)CC1. The van der Waals surface area contributed by atoms with E-state index in [0.717, 1.165) is 0 Å². The number of hydrogen-bond acceptors (Lipinski definition) is 3. The number of rotatable bonds is 6. The molecule has 6 heteroatoms. The number of likely N-dealkylation sites (tertiary alicyclic amines) is 1. The summed E-state index contributed by atoms with van der Waals surface area (Å²) in [4.78, 5) is 37.4. The smallest absolute Gasteiger partial charge is 0.303 e. The average molecular weight is 346 g/mol. The summed E-state index contributed by atoms with van der Waals surface area (Å²) >= 11 is 0. The Hall–Kier alpha value is -2.37. The Morgan fingerprint density at radius 1 is 1.16 bits per heavy atom. The van der Waals surface area contributed by atoms with Gasteiger partial charge in [-0.2, -0.15) is 0 Å². The molecule has 1 aromatic rings. The molecule has 0 saturated carbocycles. The lowest BCUT2D eigenvalue weighted by Crippen LogP contribution is -2.49. The minimum Gasteiger partial charge on any atom is -0.481 e. The fraction of sp³-hybridized carbons (Fsp3) is 0.526. The first-order chi connectivity index (χ1) is 11.8. The van der Waals surface area contributed by atoms with Gasteiger partial charge < -0.3 is 15.3 Å². The van der Waals surface area contributed by atoms with Crippen LogP contribution in [0, 0.1) is 5.92 Å². The van der Waals surface area contributed by atoms with Gasteiger partial charge in [-0.1, -0.05) is 18.2 Å². The Balaban J connectivity index is 1.84. The second kappa shape index (κ2) is 8.14. The molecule has 1 aliphatic rings. The largest absolute Gasteiger partial charge is 0.481 e. The van der Waals surface area contributed by atoms with Gasteiger partial charge in [0.2, 0.25) is 5.91 Å². The van der Waals surface area contributed by atoms with Gasteiger partial charge in [-0.15, -0.1) is 0 Å². The number of benzene rings is 1.